The molecule has 2 fully saturated rings. The van der Waals surface area contributed by atoms with E-state index in [1.54, 1.807) is 0 Å². The summed E-state index contributed by atoms with van der Waals surface area (Å²) in [5, 5.41) is 12.7. The molecule has 1 saturated heterocycles. The molecule has 4 heteroatoms. The van der Waals surface area contributed by atoms with Crippen molar-refractivity contribution in [2.45, 2.75) is 25.7 Å². The molecule has 2 aliphatic rings. The first-order chi connectivity index (χ1) is 7.28. The molecule has 0 unspecified atom stereocenters. The molecule has 2 N–H and O–H groups in total. The van der Waals surface area contributed by atoms with E-state index in [1.807, 2.05) is 4.90 Å². The first-order valence-corrected chi connectivity index (χ1v) is 5.89. The number of hydrogen-bond acceptors (Lipinski definition) is 3. The second kappa shape index (κ2) is 4.49. The molecule has 1 aliphatic heterocycles. The van der Waals surface area contributed by atoms with Crippen LogP contribution in [0.15, 0.2) is 0 Å². The Kier molecular flexibility index (Phi) is 3.26. The fraction of sp³-hybridized carbons (Fsp3) is 0.909. The quantitative estimate of drug-likeness (QED) is 0.676. The highest BCUT2D eigenvalue weighted by Crippen LogP contribution is 2.39. The number of nitrogens with zero attached hydrogens (tertiary/aromatic N) is 1. The highest BCUT2D eigenvalue weighted by atomic mass is 16.3. The summed E-state index contributed by atoms with van der Waals surface area (Å²) in [6, 6.07) is 0. The van der Waals surface area contributed by atoms with Crippen LogP contribution in [-0.4, -0.2) is 48.7 Å². The molecule has 0 spiro atoms. The van der Waals surface area contributed by atoms with Gasteiger partial charge in [0.2, 0.25) is 5.91 Å². The number of piperazine rings is 1. The molecule has 1 saturated carbocycles. The van der Waals surface area contributed by atoms with Gasteiger partial charge in [-0.15, -0.1) is 0 Å². The Labute approximate surface area is 90.6 Å². The number of rotatable bonds is 2. The minimum absolute atomic E-state index is 0.0236. The van der Waals surface area contributed by atoms with Crippen molar-refractivity contribution < 1.29 is 9.90 Å². The fourth-order valence-electron chi connectivity index (χ4n) is 2.69. The molecule has 1 heterocycles. The van der Waals surface area contributed by atoms with Crippen molar-refractivity contribution in [3.05, 3.63) is 0 Å². The lowest BCUT2D eigenvalue weighted by Gasteiger charge is -2.35. The molecule has 1 aliphatic carbocycles. The summed E-state index contributed by atoms with van der Waals surface area (Å²) in [4.78, 5) is 14.2. The van der Waals surface area contributed by atoms with Crippen LogP contribution >= 0.6 is 0 Å². The van der Waals surface area contributed by atoms with E-state index < -0.39 is 5.41 Å². The number of nitrogens with one attached hydrogen (secondary N) is 1. The van der Waals surface area contributed by atoms with Crippen molar-refractivity contribution in [1.29, 1.82) is 0 Å². The summed E-state index contributed by atoms with van der Waals surface area (Å²) in [5.74, 6) is 0.184. The minimum Gasteiger partial charge on any atom is -0.395 e. The molecule has 0 atom stereocenters. The first kappa shape index (κ1) is 10.9. The van der Waals surface area contributed by atoms with Crippen LogP contribution in [0.25, 0.3) is 0 Å². The summed E-state index contributed by atoms with van der Waals surface area (Å²) < 4.78 is 0. The van der Waals surface area contributed by atoms with E-state index in [2.05, 4.69) is 5.32 Å². The summed E-state index contributed by atoms with van der Waals surface area (Å²) in [6.07, 6.45) is 3.90. The lowest BCUT2D eigenvalue weighted by molar-refractivity contribution is -0.145. The number of aliphatic hydroxyl groups excluding tert-OH is 1. The number of amides is 1. The molecular weight excluding hydrogens is 192 g/mol. The van der Waals surface area contributed by atoms with Gasteiger partial charge in [0.1, 0.15) is 0 Å². The minimum atomic E-state index is -0.433. The topological polar surface area (TPSA) is 52.6 Å². The predicted octanol–water partition coefficient (Wildman–Crippen LogP) is -0.0291. The third-order valence-corrected chi connectivity index (χ3v) is 3.72. The van der Waals surface area contributed by atoms with E-state index in [0.717, 1.165) is 51.9 Å². The Morgan fingerprint density at radius 1 is 1.27 bits per heavy atom. The van der Waals surface area contributed by atoms with Gasteiger partial charge in [0.05, 0.1) is 12.0 Å². The van der Waals surface area contributed by atoms with Crippen LogP contribution < -0.4 is 5.32 Å². The molecule has 0 aromatic carbocycles. The van der Waals surface area contributed by atoms with Gasteiger partial charge in [-0.3, -0.25) is 4.79 Å². The zero-order chi connectivity index (χ0) is 10.7. The van der Waals surface area contributed by atoms with Gasteiger partial charge < -0.3 is 15.3 Å². The maximum absolute atomic E-state index is 12.3. The van der Waals surface area contributed by atoms with Gasteiger partial charge in [-0.2, -0.15) is 0 Å². The van der Waals surface area contributed by atoms with E-state index in [9.17, 15) is 9.90 Å². The van der Waals surface area contributed by atoms with Crippen LogP contribution in [0.5, 0.6) is 0 Å². The lowest BCUT2D eigenvalue weighted by Crippen LogP contribution is -2.52. The SMILES string of the molecule is O=C(N1CCNCC1)C1(CO)CCCC1. The van der Waals surface area contributed by atoms with Crippen LogP contribution in [0, 0.1) is 5.41 Å². The standard InChI is InChI=1S/C11H20N2O2/c14-9-11(3-1-2-4-11)10(15)13-7-5-12-6-8-13/h12,14H,1-9H2. The van der Waals surface area contributed by atoms with Crippen LogP contribution in [0.1, 0.15) is 25.7 Å². The van der Waals surface area contributed by atoms with Gasteiger partial charge in [-0.1, -0.05) is 12.8 Å². The van der Waals surface area contributed by atoms with Gasteiger partial charge >= 0.3 is 0 Å². The summed E-state index contributed by atoms with van der Waals surface area (Å²) in [5.41, 5.74) is -0.433. The van der Waals surface area contributed by atoms with Crippen molar-refractivity contribution in [3.63, 3.8) is 0 Å². The second-order valence-corrected chi connectivity index (χ2v) is 4.69. The average molecular weight is 212 g/mol. The Balaban J connectivity index is 2.03. The van der Waals surface area contributed by atoms with Crippen LogP contribution in [-0.2, 0) is 4.79 Å². The largest absolute Gasteiger partial charge is 0.395 e. The maximum Gasteiger partial charge on any atom is 0.231 e. The Hall–Kier alpha value is -0.610. The van der Waals surface area contributed by atoms with Gasteiger partial charge in [0.25, 0.3) is 0 Å². The molecule has 0 radical (unpaired) electrons. The fourth-order valence-corrected chi connectivity index (χ4v) is 2.69. The highest BCUT2D eigenvalue weighted by molar-refractivity contribution is 5.83. The van der Waals surface area contributed by atoms with Gasteiger partial charge in [-0.25, -0.2) is 0 Å². The zero-order valence-corrected chi connectivity index (χ0v) is 9.17. The van der Waals surface area contributed by atoms with Crippen LogP contribution in [0.4, 0.5) is 0 Å². The number of hydrogen-bond donors (Lipinski definition) is 2. The van der Waals surface area contributed by atoms with Crippen molar-refractivity contribution in [2.75, 3.05) is 32.8 Å². The third kappa shape index (κ3) is 2.01. The predicted molar refractivity (Wildman–Crippen MR) is 57.4 cm³/mol. The van der Waals surface area contributed by atoms with Crippen molar-refractivity contribution in [3.8, 4) is 0 Å². The van der Waals surface area contributed by atoms with Crippen LogP contribution in [0.2, 0.25) is 0 Å². The Morgan fingerprint density at radius 2 is 1.87 bits per heavy atom. The molecule has 4 nitrogen and oxygen atoms in total. The molecular formula is C11H20N2O2. The van der Waals surface area contributed by atoms with E-state index in [1.165, 1.54) is 0 Å². The van der Waals surface area contributed by atoms with Crippen molar-refractivity contribution in [2.24, 2.45) is 5.41 Å². The number of aliphatic hydroxyl groups is 1. The van der Waals surface area contributed by atoms with E-state index >= 15 is 0 Å². The highest BCUT2D eigenvalue weighted by Gasteiger charge is 2.43. The molecule has 1 amide bonds. The van der Waals surface area contributed by atoms with Crippen molar-refractivity contribution >= 4 is 5.91 Å². The normalized spacial score (nSPS) is 25.5. The first-order valence-electron chi connectivity index (χ1n) is 5.89. The van der Waals surface area contributed by atoms with E-state index in [0.29, 0.717) is 0 Å². The van der Waals surface area contributed by atoms with Crippen LogP contribution in [0.3, 0.4) is 0 Å². The molecule has 2 rings (SSSR count). The third-order valence-electron chi connectivity index (χ3n) is 3.72. The molecule has 15 heavy (non-hydrogen) atoms. The van der Waals surface area contributed by atoms with Crippen molar-refractivity contribution in [1.82, 2.24) is 10.2 Å². The van der Waals surface area contributed by atoms with Gasteiger partial charge in [0.15, 0.2) is 0 Å². The second-order valence-electron chi connectivity index (χ2n) is 4.69. The summed E-state index contributed by atoms with van der Waals surface area (Å²) in [6.45, 7) is 3.37. The zero-order valence-electron chi connectivity index (χ0n) is 9.17. The molecule has 0 aromatic heterocycles. The number of carbonyl (C=O) groups is 1. The molecule has 0 aromatic rings. The van der Waals surface area contributed by atoms with Gasteiger partial charge in [-0.05, 0) is 12.8 Å². The Bertz CT molecular complexity index is 231. The van der Waals surface area contributed by atoms with Gasteiger partial charge in [0, 0.05) is 26.2 Å². The summed E-state index contributed by atoms with van der Waals surface area (Å²) >= 11 is 0. The number of carbonyl (C=O) groups excluding carboxylic acids is 1. The van der Waals surface area contributed by atoms with E-state index in [4.69, 9.17) is 0 Å². The monoisotopic (exact) mass is 212 g/mol. The molecule has 86 valence electrons. The smallest absolute Gasteiger partial charge is 0.231 e. The summed E-state index contributed by atoms with van der Waals surface area (Å²) in [7, 11) is 0. The lowest BCUT2D eigenvalue weighted by atomic mass is 9.85. The van der Waals surface area contributed by atoms with E-state index in [-0.39, 0.29) is 12.5 Å². The maximum atomic E-state index is 12.3. The average Bonchev–Trinajstić information content (AvgIpc) is 2.79. The molecule has 0 bridgehead atoms. The Morgan fingerprint density at radius 3 is 2.40 bits per heavy atom.